The van der Waals surface area contributed by atoms with Gasteiger partial charge in [0.25, 0.3) is 0 Å². The summed E-state index contributed by atoms with van der Waals surface area (Å²) in [5, 5.41) is 17.2. The molecule has 4 heteroatoms. The molecular weight excluding hydrogens is 136 g/mol. The Labute approximate surface area is 57.0 Å². The fourth-order valence-corrected chi connectivity index (χ4v) is 0.595. The molecule has 54 valence electrons. The lowest BCUT2D eigenvalue weighted by molar-refractivity contribution is -0.137. The molecule has 10 heavy (non-hydrogen) atoms. The van der Waals surface area contributed by atoms with E-state index < -0.39 is 12.3 Å². The minimum atomic E-state index is -1.33. The molecule has 1 unspecified atom stereocenters. The van der Waals surface area contributed by atoms with Crippen LogP contribution in [0.4, 0.5) is 0 Å². The van der Waals surface area contributed by atoms with Crippen LogP contribution >= 0.6 is 0 Å². The number of hydrogen-bond donors (Lipinski definition) is 2. The second kappa shape index (κ2) is 2.53. The molecule has 0 fully saturated rings. The van der Waals surface area contributed by atoms with Crippen LogP contribution in [0.5, 0.6) is 0 Å². The van der Waals surface area contributed by atoms with Crippen molar-refractivity contribution < 1.29 is 19.7 Å². The van der Waals surface area contributed by atoms with E-state index in [2.05, 4.69) is 4.74 Å². The molecule has 0 spiro atoms. The average molecular weight is 142 g/mol. The van der Waals surface area contributed by atoms with Crippen molar-refractivity contribution in [1.29, 1.82) is 0 Å². The van der Waals surface area contributed by atoms with Crippen molar-refractivity contribution in [2.45, 2.75) is 6.29 Å². The summed E-state index contributed by atoms with van der Waals surface area (Å²) in [6, 6.07) is 0. The van der Waals surface area contributed by atoms with Gasteiger partial charge in [-0.3, -0.25) is 0 Å². The summed E-state index contributed by atoms with van der Waals surface area (Å²) in [4.78, 5) is 10.2. The van der Waals surface area contributed by atoms with Crippen molar-refractivity contribution >= 4 is 5.97 Å². The molecule has 1 rings (SSSR count). The van der Waals surface area contributed by atoms with E-state index >= 15 is 0 Å². The lowest BCUT2D eigenvalue weighted by Gasteiger charge is -2.12. The first-order chi connectivity index (χ1) is 4.72. The van der Waals surface area contributed by atoms with Crippen molar-refractivity contribution in [1.82, 2.24) is 0 Å². The van der Waals surface area contributed by atoms with Gasteiger partial charge in [0.1, 0.15) is 5.57 Å². The predicted molar refractivity (Wildman–Crippen MR) is 32.0 cm³/mol. The van der Waals surface area contributed by atoms with Crippen LogP contribution in [0.25, 0.3) is 0 Å². The molecule has 0 aromatic carbocycles. The Morgan fingerprint density at radius 2 is 2.40 bits per heavy atom. The lowest BCUT2D eigenvalue weighted by Crippen LogP contribution is -2.20. The van der Waals surface area contributed by atoms with E-state index in [1.807, 2.05) is 0 Å². The van der Waals surface area contributed by atoms with Crippen LogP contribution < -0.4 is 0 Å². The van der Waals surface area contributed by atoms with E-state index in [4.69, 9.17) is 10.2 Å². The molecule has 4 nitrogen and oxygen atoms in total. The Morgan fingerprint density at radius 3 is 2.80 bits per heavy atom. The Morgan fingerprint density at radius 1 is 1.70 bits per heavy atom. The van der Waals surface area contributed by atoms with Gasteiger partial charge in [0.2, 0.25) is 6.29 Å². The van der Waals surface area contributed by atoms with Gasteiger partial charge in [-0.25, -0.2) is 4.79 Å². The number of allylic oxidation sites excluding steroid dienone is 2. The van der Waals surface area contributed by atoms with E-state index in [-0.39, 0.29) is 5.57 Å². The molecular formula is C6H6O4. The van der Waals surface area contributed by atoms with Gasteiger partial charge in [-0.15, -0.1) is 0 Å². The first kappa shape index (κ1) is 6.82. The highest BCUT2D eigenvalue weighted by Gasteiger charge is 2.19. The molecule has 1 aliphatic rings. The molecule has 1 atom stereocenters. The quantitative estimate of drug-likeness (QED) is 0.534. The highest BCUT2D eigenvalue weighted by molar-refractivity contribution is 5.87. The van der Waals surface area contributed by atoms with Gasteiger partial charge >= 0.3 is 5.97 Å². The van der Waals surface area contributed by atoms with Crippen molar-refractivity contribution in [3.8, 4) is 0 Å². The maximum absolute atomic E-state index is 10.2. The zero-order chi connectivity index (χ0) is 7.56. The molecule has 0 amide bonds. The largest absolute Gasteiger partial charge is 0.478 e. The van der Waals surface area contributed by atoms with Gasteiger partial charge in [-0.2, -0.15) is 0 Å². The summed E-state index contributed by atoms with van der Waals surface area (Å²) < 4.78 is 4.48. The maximum atomic E-state index is 10.2. The summed E-state index contributed by atoms with van der Waals surface area (Å²) in [5.41, 5.74) is -0.150. The molecule has 1 heterocycles. The van der Waals surface area contributed by atoms with E-state index in [9.17, 15) is 4.79 Å². The Bertz CT molecular complexity index is 204. The summed E-state index contributed by atoms with van der Waals surface area (Å²) in [6.45, 7) is 0. The maximum Gasteiger partial charge on any atom is 0.337 e. The highest BCUT2D eigenvalue weighted by Crippen LogP contribution is 2.09. The molecule has 0 aliphatic carbocycles. The third-order valence-corrected chi connectivity index (χ3v) is 1.07. The smallest absolute Gasteiger partial charge is 0.337 e. The van der Waals surface area contributed by atoms with E-state index in [1.165, 1.54) is 18.4 Å². The second-order valence-corrected chi connectivity index (χ2v) is 1.74. The summed E-state index contributed by atoms with van der Waals surface area (Å²) >= 11 is 0. The standard InChI is InChI=1S/C6H6O4/c7-5(8)4-2-1-3-10-6(4)9/h1-3,6,9H,(H,7,8). The van der Waals surface area contributed by atoms with Crippen LogP contribution in [0.15, 0.2) is 24.0 Å². The molecule has 0 bridgehead atoms. The molecule has 2 N–H and O–H groups in total. The average Bonchev–Trinajstić information content (AvgIpc) is 1.88. The number of carboxylic acids is 1. The fraction of sp³-hybridized carbons (Fsp3) is 0.167. The van der Waals surface area contributed by atoms with Crippen LogP contribution in [0.3, 0.4) is 0 Å². The van der Waals surface area contributed by atoms with E-state index in [1.54, 1.807) is 0 Å². The number of carboxylic acid groups (broad SMARTS) is 1. The molecule has 0 saturated carbocycles. The van der Waals surface area contributed by atoms with Crippen molar-refractivity contribution in [2.75, 3.05) is 0 Å². The normalized spacial score (nSPS) is 23.3. The Balaban J connectivity index is 2.80. The van der Waals surface area contributed by atoms with Gasteiger partial charge in [0, 0.05) is 0 Å². The third kappa shape index (κ3) is 1.16. The fourth-order valence-electron chi connectivity index (χ4n) is 0.595. The van der Waals surface area contributed by atoms with Crippen LogP contribution in [-0.2, 0) is 9.53 Å². The number of hydrogen-bond acceptors (Lipinski definition) is 3. The van der Waals surface area contributed by atoms with Crippen LogP contribution in [0.2, 0.25) is 0 Å². The van der Waals surface area contributed by atoms with Gasteiger partial charge in [0.05, 0.1) is 6.26 Å². The van der Waals surface area contributed by atoms with Gasteiger partial charge in [0.15, 0.2) is 0 Å². The molecule has 0 radical (unpaired) electrons. The first-order valence-corrected chi connectivity index (χ1v) is 2.65. The number of rotatable bonds is 1. The molecule has 1 aliphatic heterocycles. The number of aliphatic hydroxyl groups is 1. The third-order valence-electron chi connectivity index (χ3n) is 1.07. The monoisotopic (exact) mass is 142 g/mol. The zero-order valence-electron chi connectivity index (χ0n) is 5.02. The molecule has 0 aromatic heterocycles. The minimum Gasteiger partial charge on any atom is -0.478 e. The van der Waals surface area contributed by atoms with Gasteiger partial charge in [-0.1, -0.05) is 0 Å². The van der Waals surface area contributed by atoms with Crippen LogP contribution in [-0.4, -0.2) is 22.5 Å². The van der Waals surface area contributed by atoms with Gasteiger partial charge in [-0.05, 0) is 12.2 Å². The van der Waals surface area contributed by atoms with Gasteiger partial charge < -0.3 is 14.9 Å². The summed E-state index contributed by atoms with van der Waals surface area (Å²) in [7, 11) is 0. The number of ether oxygens (including phenoxy) is 1. The van der Waals surface area contributed by atoms with Crippen LogP contribution in [0.1, 0.15) is 0 Å². The van der Waals surface area contributed by atoms with Crippen LogP contribution in [0, 0.1) is 0 Å². The van der Waals surface area contributed by atoms with Crippen molar-refractivity contribution in [2.24, 2.45) is 0 Å². The highest BCUT2D eigenvalue weighted by atomic mass is 16.6. The Kier molecular flexibility index (Phi) is 1.73. The van der Waals surface area contributed by atoms with Crippen molar-refractivity contribution in [3.05, 3.63) is 24.0 Å². The minimum absolute atomic E-state index is 0.150. The number of aliphatic carboxylic acids is 1. The van der Waals surface area contributed by atoms with E-state index in [0.717, 1.165) is 0 Å². The SMILES string of the molecule is O=C(O)C1=CC=COC1O. The summed E-state index contributed by atoms with van der Waals surface area (Å²) in [6.07, 6.45) is 2.60. The first-order valence-electron chi connectivity index (χ1n) is 2.65. The van der Waals surface area contributed by atoms with Crippen molar-refractivity contribution in [3.63, 3.8) is 0 Å². The van der Waals surface area contributed by atoms with E-state index in [0.29, 0.717) is 0 Å². The molecule has 0 saturated heterocycles. The zero-order valence-corrected chi connectivity index (χ0v) is 5.02. The second-order valence-electron chi connectivity index (χ2n) is 1.74. The predicted octanol–water partition coefficient (Wildman–Crippen LogP) is -0.140. The number of carbonyl (C=O) groups is 1. The Hall–Kier alpha value is -1.29. The lowest BCUT2D eigenvalue weighted by atomic mass is 10.2. The number of aliphatic hydroxyl groups excluding tert-OH is 1. The molecule has 0 aromatic rings. The topological polar surface area (TPSA) is 66.8 Å². The summed E-state index contributed by atoms with van der Waals surface area (Å²) in [5.74, 6) is -1.17.